The van der Waals surface area contributed by atoms with Gasteiger partial charge in [0.15, 0.2) is 0 Å². The van der Waals surface area contributed by atoms with E-state index >= 15 is 0 Å². The second kappa shape index (κ2) is 7.40. The van der Waals surface area contributed by atoms with E-state index in [1.807, 2.05) is 0 Å². The lowest BCUT2D eigenvalue weighted by molar-refractivity contribution is -0.119. The van der Waals surface area contributed by atoms with E-state index in [-0.39, 0.29) is 36.1 Å². The minimum atomic E-state index is -0.837. The van der Waals surface area contributed by atoms with E-state index in [0.717, 1.165) is 13.2 Å². The highest BCUT2D eigenvalue weighted by atomic mass is 19.1. The number of rotatable bonds is 5. The van der Waals surface area contributed by atoms with E-state index in [9.17, 15) is 18.8 Å². The maximum Gasteiger partial charge on any atom is 0.414 e. The van der Waals surface area contributed by atoms with Crippen molar-refractivity contribution in [3.8, 4) is 11.4 Å². The van der Waals surface area contributed by atoms with Crippen molar-refractivity contribution in [2.24, 2.45) is 0 Å². The quantitative estimate of drug-likeness (QED) is 0.768. The van der Waals surface area contributed by atoms with Crippen molar-refractivity contribution in [2.45, 2.75) is 13.0 Å². The van der Waals surface area contributed by atoms with Gasteiger partial charge in [0.25, 0.3) is 0 Å². The Hall–Kier alpha value is -3.50. The number of cyclic esters (lactones) is 1. The van der Waals surface area contributed by atoms with Crippen molar-refractivity contribution < 1.29 is 32.8 Å². The molecular weight excluding hydrogens is 363 g/mol. The van der Waals surface area contributed by atoms with Crippen LogP contribution >= 0.6 is 0 Å². The molecule has 0 unspecified atom stereocenters. The predicted molar refractivity (Wildman–Crippen MR) is 87.3 cm³/mol. The number of carbonyl (C=O) groups excluding carboxylic acids is 3. The molecule has 1 atom stereocenters. The number of amides is 2. The van der Waals surface area contributed by atoms with Gasteiger partial charge in [0.05, 0.1) is 31.5 Å². The van der Waals surface area contributed by atoms with Crippen molar-refractivity contribution in [3.05, 3.63) is 29.9 Å². The number of methoxy groups -OCH3 is 1. The van der Waals surface area contributed by atoms with Crippen LogP contribution in [0.1, 0.15) is 17.6 Å². The highest BCUT2D eigenvalue weighted by molar-refractivity contribution is 5.90. The Balaban J connectivity index is 1.77. The molecule has 0 saturated carbocycles. The smallest absolute Gasteiger partial charge is 0.414 e. The van der Waals surface area contributed by atoms with Gasteiger partial charge in [0, 0.05) is 6.92 Å². The van der Waals surface area contributed by atoms with Crippen molar-refractivity contribution >= 4 is 23.7 Å². The summed E-state index contributed by atoms with van der Waals surface area (Å²) in [6.07, 6.45) is -1.19. The van der Waals surface area contributed by atoms with Crippen LogP contribution in [-0.2, 0) is 14.3 Å². The molecule has 2 heterocycles. The fourth-order valence-corrected chi connectivity index (χ4v) is 2.45. The summed E-state index contributed by atoms with van der Waals surface area (Å²) in [4.78, 5) is 39.3. The van der Waals surface area contributed by atoms with Gasteiger partial charge in [-0.15, -0.1) is 0 Å². The number of aromatic nitrogens is 2. The number of carbonyl (C=O) groups is 3. The van der Waals surface area contributed by atoms with E-state index in [1.165, 1.54) is 24.0 Å². The monoisotopic (exact) mass is 378 g/mol. The van der Waals surface area contributed by atoms with Gasteiger partial charge in [-0.3, -0.25) is 9.69 Å². The zero-order chi connectivity index (χ0) is 19.6. The Morgan fingerprint density at radius 2 is 2.22 bits per heavy atom. The Kier molecular flexibility index (Phi) is 5.01. The molecule has 1 aromatic heterocycles. The predicted octanol–water partition coefficient (Wildman–Crippen LogP) is 1.12. The maximum atomic E-state index is 14.5. The molecule has 0 spiro atoms. The highest BCUT2D eigenvalue weighted by Crippen LogP contribution is 2.27. The van der Waals surface area contributed by atoms with E-state index < -0.39 is 29.9 Å². The largest absolute Gasteiger partial charge is 0.462 e. The van der Waals surface area contributed by atoms with Gasteiger partial charge in [0.1, 0.15) is 11.9 Å². The van der Waals surface area contributed by atoms with Crippen LogP contribution in [0.15, 0.2) is 22.7 Å². The summed E-state index contributed by atoms with van der Waals surface area (Å²) in [5, 5.41) is 6.10. The minimum absolute atomic E-state index is 0.0139. The van der Waals surface area contributed by atoms with Crippen molar-refractivity contribution in [1.82, 2.24) is 15.5 Å². The lowest BCUT2D eigenvalue weighted by Gasteiger charge is -2.13. The number of hydrogen-bond donors (Lipinski definition) is 1. The van der Waals surface area contributed by atoms with Crippen LogP contribution in [0.3, 0.4) is 0 Å². The average molecular weight is 378 g/mol. The number of nitrogens with one attached hydrogen (secondary N) is 1. The number of halogens is 1. The first kappa shape index (κ1) is 18.3. The van der Waals surface area contributed by atoms with Crippen LogP contribution in [0.25, 0.3) is 11.4 Å². The number of esters is 1. The van der Waals surface area contributed by atoms with Crippen LogP contribution < -0.4 is 10.2 Å². The molecule has 1 fully saturated rings. The zero-order valence-corrected chi connectivity index (χ0v) is 14.4. The Morgan fingerprint density at radius 3 is 2.89 bits per heavy atom. The normalized spacial score (nSPS) is 16.2. The topological polar surface area (TPSA) is 124 Å². The highest BCUT2D eigenvalue weighted by Gasteiger charge is 2.33. The van der Waals surface area contributed by atoms with Gasteiger partial charge in [-0.05, 0) is 18.2 Å². The summed E-state index contributed by atoms with van der Waals surface area (Å²) < 4.78 is 28.8. The standard InChI is InChI=1S/C16H15FN4O6/c1-8(22)18-6-10-7-21(16(24)26-10)9-3-4-11(12(17)5-9)13-19-14(27-20-13)15(23)25-2/h3-5,10H,6-7H2,1-2H3,(H,18,22)/t10-/m0/s1. The van der Waals surface area contributed by atoms with Crippen molar-refractivity contribution in [3.63, 3.8) is 0 Å². The molecule has 1 aliphatic heterocycles. The fourth-order valence-electron chi connectivity index (χ4n) is 2.45. The third-order valence-corrected chi connectivity index (χ3v) is 3.74. The van der Waals surface area contributed by atoms with Crippen LogP contribution in [-0.4, -0.2) is 54.4 Å². The number of nitrogens with zero attached hydrogens (tertiary/aromatic N) is 3. The van der Waals surface area contributed by atoms with E-state index in [2.05, 4.69) is 20.2 Å². The molecule has 10 nitrogen and oxygen atoms in total. The van der Waals surface area contributed by atoms with Crippen LogP contribution in [0.4, 0.5) is 14.9 Å². The van der Waals surface area contributed by atoms with Crippen LogP contribution in [0.2, 0.25) is 0 Å². The first-order valence-corrected chi connectivity index (χ1v) is 7.83. The van der Waals surface area contributed by atoms with Gasteiger partial charge >= 0.3 is 18.0 Å². The van der Waals surface area contributed by atoms with Crippen LogP contribution in [0, 0.1) is 5.82 Å². The molecule has 1 saturated heterocycles. The fraction of sp³-hybridized carbons (Fsp3) is 0.312. The number of hydrogen-bond acceptors (Lipinski definition) is 8. The SMILES string of the molecule is COC(=O)c1nc(-c2ccc(N3C[C@H](CNC(C)=O)OC3=O)cc2F)no1. The molecule has 142 valence electrons. The Bertz CT molecular complexity index is 899. The molecule has 1 aromatic carbocycles. The molecule has 1 aliphatic rings. The lowest BCUT2D eigenvalue weighted by Crippen LogP contribution is -2.33. The third kappa shape index (κ3) is 3.86. The molecule has 2 aromatic rings. The summed E-state index contributed by atoms with van der Waals surface area (Å²) in [5.41, 5.74) is 0.253. The summed E-state index contributed by atoms with van der Waals surface area (Å²) in [6.45, 7) is 1.68. The first-order chi connectivity index (χ1) is 12.9. The second-order valence-corrected chi connectivity index (χ2v) is 5.63. The molecule has 0 aliphatic carbocycles. The molecule has 3 rings (SSSR count). The van der Waals surface area contributed by atoms with Crippen molar-refractivity contribution in [1.29, 1.82) is 0 Å². The number of anilines is 1. The van der Waals surface area contributed by atoms with Gasteiger partial charge in [-0.25, -0.2) is 14.0 Å². The minimum Gasteiger partial charge on any atom is -0.462 e. The van der Waals surface area contributed by atoms with Gasteiger partial charge in [0.2, 0.25) is 11.7 Å². The zero-order valence-electron chi connectivity index (χ0n) is 14.4. The first-order valence-electron chi connectivity index (χ1n) is 7.83. The van der Waals surface area contributed by atoms with Gasteiger partial charge < -0.3 is 19.3 Å². The summed E-state index contributed by atoms with van der Waals surface area (Å²) in [5.74, 6) is -2.34. The van der Waals surface area contributed by atoms with E-state index in [0.29, 0.717) is 0 Å². The molecule has 2 amide bonds. The van der Waals surface area contributed by atoms with Gasteiger partial charge in [-0.2, -0.15) is 4.98 Å². The van der Waals surface area contributed by atoms with Gasteiger partial charge in [-0.1, -0.05) is 5.16 Å². The summed E-state index contributed by atoms with van der Waals surface area (Å²) >= 11 is 0. The van der Waals surface area contributed by atoms with Crippen molar-refractivity contribution in [2.75, 3.05) is 25.1 Å². The Morgan fingerprint density at radius 1 is 1.44 bits per heavy atom. The number of benzene rings is 1. The third-order valence-electron chi connectivity index (χ3n) is 3.74. The molecule has 27 heavy (non-hydrogen) atoms. The summed E-state index contributed by atoms with van der Waals surface area (Å²) in [7, 11) is 1.15. The molecular formula is C16H15FN4O6. The van der Waals surface area contributed by atoms with Crippen LogP contribution in [0.5, 0.6) is 0 Å². The second-order valence-electron chi connectivity index (χ2n) is 5.63. The Labute approximate surface area is 152 Å². The molecule has 0 bridgehead atoms. The molecule has 11 heteroatoms. The molecule has 0 radical (unpaired) electrons. The number of ether oxygens (including phenoxy) is 2. The molecule has 1 N–H and O–H groups in total. The lowest BCUT2D eigenvalue weighted by atomic mass is 10.1. The maximum absolute atomic E-state index is 14.5. The van der Waals surface area contributed by atoms with E-state index in [1.54, 1.807) is 0 Å². The summed E-state index contributed by atoms with van der Waals surface area (Å²) in [6, 6.07) is 3.95. The average Bonchev–Trinajstić information content (AvgIpc) is 3.26. The van der Waals surface area contributed by atoms with E-state index in [4.69, 9.17) is 9.26 Å².